The topological polar surface area (TPSA) is 40.6 Å². The molecule has 2 rings (SSSR count). The summed E-state index contributed by atoms with van der Waals surface area (Å²) in [5, 5.41) is 0. The van der Waals surface area contributed by atoms with Crippen LogP contribution in [0.15, 0.2) is 48.8 Å². The van der Waals surface area contributed by atoms with Crippen LogP contribution in [0, 0.1) is 0 Å². The Morgan fingerprint density at radius 1 is 1.05 bits per heavy atom. The van der Waals surface area contributed by atoms with Gasteiger partial charge in [0.15, 0.2) is 6.29 Å². The van der Waals surface area contributed by atoms with E-state index in [0.29, 0.717) is 6.61 Å². The number of nitrogens with zero attached hydrogens (tertiary/aromatic N) is 1. The second-order valence-electron chi connectivity index (χ2n) is 4.02. The van der Waals surface area contributed by atoms with E-state index in [0.717, 1.165) is 16.9 Å². The number of ether oxygens (including phenoxy) is 3. The molecule has 2 aromatic rings. The molecule has 4 nitrogen and oxygen atoms in total. The van der Waals surface area contributed by atoms with Crippen molar-refractivity contribution in [2.45, 2.75) is 12.9 Å². The molecule has 0 aliphatic rings. The zero-order chi connectivity index (χ0) is 13.5. The third kappa shape index (κ3) is 3.77. The number of rotatable bonds is 6. The second-order valence-corrected chi connectivity index (χ2v) is 4.02. The summed E-state index contributed by atoms with van der Waals surface area (Å²) in [6.07, 6.45) is 3.13. The van der Waals surface area contributed by atoms with Crippen LogP contribution in [0.5, 0.6) is 5.75 Å². The van der Waals surface area contributed by atoms with Gasteiger partial charge >= 0.3 is 0 Å². The third-order valence-electron chi connectivity index (χ3n) is 2.71. The molecule has 19 heavy (non-hydrogen) atoms. The Hall–Kier alpha value is -1.91. The Morgan fingerprint density at radius 2 is 1.79 bits per heavy atom. The minimum atomic E-state index is -0.371. The van der Waals surface area contributed by atoms with Crippen molar-refractivity contribution in [2.24, 2.45) is 0 Å². The summed E-state index contributed by atoms with van der Waals surface area (Å²) in [7, 11) is 3.22. The second kappa shape index (κ2) is 6.87. The van der Waals surface area contributed by atoms with Crippen molar-refractivity contribution in [3.63, 3.8) is 0 Å². The van der Waals surface area contributed by atoms with Crippen LogP contribution in [0.4, 0.5) is 0 Å². The molecular weight excluding hydrogens is 242 g/mol. The van der Waals surface area contributed by atoms with Crippen molar-refractivity contribution in [2.75, 3.05) is 14.2 Å². The Bertz CT molecular complexity index is 498. The van der Waals surface area contributed by atoms with E-state index in [2.05, 4.69) is 4.98 Å². The van der Waals surface area contributed by atoms with Gasteiger partial charge in [-0.25, -0.2) is 0 Å². The fourth-order valence-electron chi connectivity index (χ4n) is 1.77. The van der Waals surface area contributed by atoms with E-state index in [4.69, 9.17) is 14.2 Å². The first kappa shape index (κ1) is 13.5. The van der Waals surface area contributed by atoms with Crippen LogP contribution in [-0.4, -0.2) is 19.2 Å². The van der Waals surface area contributed by atoms with Gasteiger partial charge in [0.2, 0.25) is 0 Å². The van der Waals surface area contributed by atoms with Gasteiger partial charge in [0, 0.05) is 32.2 Å². The van der Waals surface area contributed by atoms with E-state index in [1.54, 1.807) is 26.6 Å². The third-order valence-corrected chi connectivity index (χ3v) is 2.71. The van der Waals surface area contributed by atoms with Crippen molar-refractivity contribution in [1.29, 1.82) is 0 Å². The van der Waals surface area contributed by atoms with Crippen LogP contribution in [0.2, 0.25) is 0 Å². The normalized spacial score (nSPS) is 10.7. The maximum atomic E-state index is 5.73. The van der Waals surface area contributed by atoms with Gasteiger partial charge in [-0.3, -0.25) is 4.98 Å². The van der Waals surface area contributed by atoms with Crippen molar-refractivity contribution in [3.8, 4) is 5.75 Å². The molecule has 0 bridgehead atoms. The van der Waals surface area contributed by atoms with E-state index in [-0.39, 0.29) is 6.29 Å². The fraction of sp³-hybridized carbons (Fsp3) is 0.267. The Morgan fingerprint density at radius 3 is 2.47 bits per heavy atom. The van der Waals surface area contributed by atoms with Gasteiger partial charge in [-0.2, -0.15) is 0 Å². The predicted octanol–water partition coefficient (Wildman–Crippen LogP) is 2.95. The average Bonchev–Trinajstić information content (AvgIpc) is 2.48. The molecule has 0 aliphatic carbocycles. The molecule has 0 atom stereocenters. The number of methoxy groups -OCH3 is 2. The summed E-state index contributed by atoms with van der Waals surface area (Å²) < 4.78 is 16.2. The van der Waals surface area contributed by atoms with Gasteiger partial charge in [0.05, 0.1) is 0 Å². The molecule has 4 heteroatoms. The standard InChI is InChI=1S/C15H17NO3/c1-17-15(18-2)13-4-3-5-14(10-13)19-11-12-6-8-16-9-7-12/h3-10,15H,11H2,1-2H3. The summed E-state index contributed by atoms with van der Waals surface area (Å²) >= 11 is 0. The molecule has 0 saturated heterocycles. The molecular formula is C15H17NO3. The van der Waals surface area contributed by atoms with Crippen LogP contribution in [-0.2, 0) is 16.1 Å². The van der Waals surface area contributed by atoms with Gasteiger partial charge in [-0.05, 0) is 29.8 Å². The van der Waals surface area contributed by atoms with Crippen molar-refractivity contribution in [3.05, 3.63) is 59.9 Å². The Labute approximate surface area is 113 Å². The van der Waals surface area contributed by atoms with E-state index in [1.165, 1.54) is 0 Å². The lowest BCUT2D eigenvalue weighted by Crippen LogP contribution is -2.04. The first-order valence-electron chi connectivity index (χ1n) is 6.00. The SMILES string of the molecule is COC(OC)c1cccc(OCc2ccncc2)c1. The summed E-state index contributed by atoms with van der Waals surface area (Å²) in [4.78, 5) is 3.97. The van der Waals surface area contributed by atoms with Crippen LogP contribution >= 0.6 is 0 Å². The highest BCUT2D eigenvalue weighted by Crippen LogP contribution is 2.22. The fourth-order valence-corrected chi connectivity index (χ4v) is 1.77. The minimum Gasteiger partial charge on any atom is -0.489 e. The zero-order valence-corrected chi connectivity index (χ0v) is 11.1. The van der Waals surface area contributed by atoms with Gasteiger partial charge in [-0.15, -0.1) is 0 Å². The van der Waals surface area contributed by atoms with E-state index in [9.17, 15) is 0 Å². The molecule has 0 spiro atoms. The summed E-state index contributed by atoms with van der Waals surface area (Å²) in [6, 6.07) is 11.5. The number of aromatic nitrogens is 1. The molecule has 0 aliphatic heterocycles. The van der Waals surface area contributed by atoms with Crippen LogP contribution in [0.3, 0.4) is 0 Å². The summed E-state index contributed by atoms with van der Waals surface area (Å²) in [6.45, 7) is 0.511. The highest BCUT2D eigenvalue weighted by atomic mass is 16.7. The highest BCUT2D eigenvalue weighted by molar-refractivity contribution is 5.29. The number of hydrogen-bond acceptors (Lipinski definition) is 4. The Kier molecular flexibility index (Phi) is 4.89. The predicted molar refractivity (Wildman–Crippen MR) is 71.8 cm³/mol. The zero-order valence-electron chi connectivity index (χ0n) is 11.1. The largest absolute Gasteiger partial charge is 0.489 e. The molecule has 0 amide bonds. The molecule has 1 heterocycles. The van der Waals surface area contributed by atoms with Gasteiger partial charge in [0.1, 0.15) is 12.4 Å². The van der Waals surface area contributed by atoms with Crippen LogP contribution in [0.25, 0.3) is 0 Å². The lowest BCUT2D eigenvalue weighted by atomic mass is 10.2. The highest BCUT2D eigenvalue weighted by Gasteiger charge is 2.09. The van der Waals surface area contributed by atoms with Crippen molar-refractivity contribution >= 4 is 0 Å². The van der Waals surface area contributed by atoms with Gasteiger partial charge < -0.3 is 14.2 Å². The quantitative estimate of drug-likeness (QED) is 0.748. The molecule has 1 aromatic carbocycles. The van der Waals surface area contributed by atoms with E-state index in [1.807, 2.05) is 36.4 Å². The molecule has 0 radical (unpaired) electrons. The molecule has 0 N–H and O–H groups in total. The number of benzene rings is 1. The summed E-state index contributed by atoms with van der Waals surface area (Å²) in [5.74, 6) is 0.786. The molecule has 100 valence electrons. The molecule has 1 aromatic heterocycles. The van der Waals surface area contributed by atoms with E-state index < -0.39 is 0 Å². The smallest absolute Gasteiger partial charge is 0.183 e. The monoisotopic (exact) mass is 259 g/mol. The first-order valence-corrected chi connectivity index (χ1v) is 6.00. The van der Waals surface area contributed by atoms with Gasteiger partial charge in [-0.1, -0.05) is 12.1 Å². The average molecular weight is 259 g/mol. The summed E-state index contributed by atoms with van der Waals surface area (Å²) in [5.41, 5.74) is 2.01. The molecule has 0 fully saturated rings. The minimum absolute atomic E-state index is 0.371. The van der Waals surface area contributed by atoms with Crippen LogP contribution in [0.1, 0.15) is 17.4 Å². The van der Waals surface area contributed by atoms with Gasteiger partial charge in [0.25, 0.3) is 0 Å². The van der Waals surface area contributed by atoms with E-state index >= 15 is 0 Å². The van der Waals surface area contributed by atoms with Crippen LogP contribution < -0.4 is 4.74 Å². The first-order chi connectivity index (χ1) is 9.33. The maximum absolute atomic E-state index is 5.73. The van der Waals surface area contributed by atoms with Crippen molar-refractivity contribution in [1.82, 2.24) is 4.98 Å². The lowest BCUT2D eigenvalue weighted by molar-refractivity contribution is -0.106. The number of pyridine rings is 1. The Balaban J connectivity index is 2.03. The lowest BCUT2D eigenvalue weighted by Gasteiger charge is -2.14. The molecule has 0 unspecified atom stereocenters. The number of hydrogen-bond donors (Lipinski definition) is 0. The van der Waals surface area contributed by atoms with Crippen molar-refractivity contribution < 1.29 is 14.2 Å². The maximum Gasteiger partial charge on any atom is 0.183 e. The molecule has 0 saturated carbocycles.